The van der Waals surface area contributed by atoms with Crippen molar-refractivity contribution in [1.29, 1.82) is 0 Å². The molecule has 0 saturated carbocycles. The van der Waals surface area contributed by atoms with E-state index in [-0.39, 0.29) is 11.8 Å². The van der Waals surface area contributed by atoms with Gasteiger partial charge in [-0.05, 0) is 54.4 Å². The summed E-state index contributed by atoms with van der Waals surface area (Å²) in [6, 6.07) is 17.6. The van der Waals surface area contributed by atoms with Gasteiger partial charge in [0.05, 0.1) is 0 Å². The molecule has 0 radical (unpaired) electrons. The number of nitrogens with zero attached hydrogens (tertiary/aromatic N) is 1. The third-order valence-corrected chi connectivity index (χ3v) is 3.59. The first-order chi connectivity index (χ1) is 11.7. The van der Waals surface area contributed by atoms with E-state index in [9.17, 15) is 9.18 Å². The molecule has 1 heterocycles. The van der Waals surface area contributed by atoms with E-state index in [4.69, 9.17) is 0 Å². The van der Waals surface area contributed by atoms with Crippen LogP contribution in [0.5, 0.6) is 0 Å². The van der Waals surface area contributed by atoms with Gasteiger partial charge < -0.3 is 15.2 Å². The Kier molecular flexibility index (Phi) is 4.91. The van der Waals surface area contributed by atoms with E-state index < -0.39 is 0 Å². The highest BCUT2D eigenvalue weighted by atomic mass is 19.1. The lowest BCUT2D eigenvalue weighted by molar-refractivity contribution is 0.252. The van der Waals surface area contributed by atoms with Crippen molar-refractivity contribution in [3.63, 3.8) is 0 Å². The van der Waals surface area contributed by atoms with Gasteiger partial charge in [0.1, 0.15) is 5.82 Å². The molecule has 5 heteroatoms. The van der Waals surface area contributed by atoms with Crippen LogP contribution in [0.4, 0.5) is 14.9 Å². The molecule has 0 aliphatic rings. The van der Waals surface area contributed by atoms with Crippen molar-refractivity contribution in [2.24, 2.45) is 0 Å². The Labute approximate surface area is 139 Å². The minimum Gasteiger partial charge on any atom is -0.338 e. The molecular formula is C19H18FN3O. The molecule has 2 amide bonds. The number of benzene rings is 2. The molecule has 4 nitrogen and oxygen atoms in total. The minimum atomic E-state index is -0.281. The standard InChI is InChI=1S/C19H18FN3O/c20-16-6-3-5-15(13-16)9-10-21-19(24)22-17-7-4-8-18(14-17)23-11-1-2-12-23/h1-8,11-14H,9-10H2,(H2,21,22,24). The van der Waals surface area contributed by atoms with Gasteiger partial charge in [0, 0.05) is 30.3 Å². The van der Waals surface area contributed by atoms with Crippen LogP contribution in [0.25, 0.3) is 5.69 Å². The zero-order chi connectivity index (χ0) is 16.8. The molecule has 1 aromatic heterocycles. The van der Waals surface area contributed by atoms with Gasteiger partial charge in [-0.3, -0.25) is 0 Å². The predicted octanol–water partition coefficient (Wildman–Crippen LogP) is 3.98. The van der Waals surface area contributed by atoms with E-state index in [1.54, 1.807) is 6.07 Å². The smallest absolute Gasteiger partial charge is 0.319 e. The summed E-state index contributed by atoms with van der Waals surface area (Å²) in [6.45, 7) is 0.437. The normalized spacial score (nSPS) is 10.4. The number of anilines is 1. The Bertz CT molecular complexity index is 815. The second-order valence-electron chi connectivity index (χ2n) is 5.40. The maximum Gasteiger partial charge on any atom is 0.319 e. The molecule has 3 rings (SSSR count). The average Bonchev–Trinajstić information content (AvgIpc) is 3.10. The Hall–Kier alpha value is -3.08. The van der Waals surface area contributed by atoms with Gasteiger partial charge in [-0.15, -0.1) is 0 Å². The van der Waals surface area contributed by atoms with Crippen molar-refractivity contribution < 1.29 is 9.18 Å². The van der Waals surface area contributed by atoms with Crippen LogP contribution in [0, 0.1) is 5.82 Å². The predicted molar refractivity (Wildman–Crippen MR) is 92.9 cm³/mol. The van der Waals surface area contributed by atoms with E-state index in [1.807, 2.05) is 59.4 Å². The summed E-state index contributed by atoms with van der Waals surface area (Å²) in [6.07, 6.45) is 4.46. The number of amides is 2. The van der Waals surface area contributed by atoms with Gasteiger partial charge in [0.25, 0.3) is 0 Å². The molecule has 3 aromatic rings. The van der Waals surface area contributed by atoms with Gasteiger partial charge in [0.15, 0.2) is 0 Å². The lowest BCUT2D eigenvalue weighted by Gasteiger charge is -2.10. The number of carbonyl (C=O) groups is 1. The molecular weight excluding hydrogens is 305 g/mol. The average molecular weight is 323 g/mol. The second-order valence-corrected chi connectivity index (χ2v) is 5.40. The fourth-order valence-electron chi connectivity index (χ4n) is 2.44. The van der Waals surface area contributed by atoms with Crippen molar-refractivity contribution in [2.75, 3.05) is 11.9 Å². The summed E-state index contributed by atoms with van der Waals surface area (Å²) >= 11 is 0. The van der Waals surface area contributed by atoms with Gasteiger partial charge in [0.2, 0.25) is 0 Å². The first-order valence-electron chi connectivity index (χ1n) is 7.73. The van der Waals surface area contributed by atoms with Crippen LogP contribution in [0.15, 0.2) is 73.1 Å². The molecule has 0 aliphatic heterocycles. The van der Waals surface area contributed by atoms with Crippen LogP contribution in [-0.4, -0.2) is 17.1 Å². The summed E-state index contributed by atoms with van der Waals surface area (Å²) < 4.78 is 15.1. The summed E-state index contributed by atoms with van der Waals surface area (Å²) in [7, 11) is 0. The Balaban J connectivity index is 1.52. The van der Waals surface area contributed by atoms with Crippen molar-refractivity contribution in [2.45, 2.75) is 6.42 Å². The van der Waals surface area contributed by atoms with E-state index in [0.717, 1.165) is 11.3 Å². The van der Waals surface area contributed by atoms with Crippen LogP contribution in [0.1, 0.15) is 5.56 Å². The maximum absolute atomic E-state index is 13.1. The molecule has 0 aliphatic carbocycles. The number of urea groups is 1. The highest BCUT2D eigenvalue weighted by molar-refractivity contribution is 5.89. The second kappa shape index (κ2) is 7.46. The molecule has 0 fully saturated rings. The lowest BCUT2D eigenvalue weighted by Crippen LogP contribution is -2.30. The van der Waals surface area contributed by atoms with E-state index >= 15 is 0 Å². The molecule has 0 unspecified atom stereocenters. The molecule has 0 bridgehead atoms. The number of hydrogen-bond acceptors (Lipinski definition) is 1. The number of halogens is 1. The van der Waals surface area contributed by atoms with Crippen LogP contribution in [0.2, 0.25) is 0 Å². The van der Waals surface area contributed by atoms with Gasteiger partial charge in [-0.1, -0.05) is 18.2 Å². The number of rotatable bonds is 5. The number of nitrogens with one attached hydrogen (secondary N) is 2. The third-order valence-electron chi connectivity index (χ3n) is 3.59. The lowest BCUT2D eigenvalue weighted by atomic mass is 10.1. The van der Waals surface area contributed by atoms with E-state index in [2.05, 4.69) is 10.6 Å². The van der Waals surface area contributed by atoms with Crippen LogP contribution in [-0.2, 0) is 6.42 Å². The zero-order valence-corrected chi connectivity index (χ0v) is 13.1. The monoisotopic (exact) mass is 323 g/mol. The Morgan fingerprint density at radius 2 is 1.79 bits per heavy atom. The Morgan fingerprint density at radius 3 is 2.58 bits per heavy atom. The molecule has 2 N–H and O–H groups in total. The summed E-state index contributed by atoms with van der Waals surface area (Å²) in [5.74, 6) is -0.265. The van der Waals surface area contributed by atoms with Crippen LogP contribution >= 0.6 is 0 Å². The van der Waals surface area contributed by atoms with Crippen molar-refractivity contribution in [3.05, 3.63) is 84.4 Å². The van der Waals surface area contributed by atoms with Gasteiger partial charge >= 0.3 is 6.03 Å². The highest BCUT2D eigenvalue weighted by Gasteiger charge is 2.03. The zero-order valence-electron chi connectivity index (χ0n) is 13.1. The number of hydrogen-bond donors (Lipinski definition) is 2. The maximum atomic E-state index is 13.1. The first-order valence-corrected chi connectivity index (χ1v) is 7.73. The van der Waals surface area contributed by atoms with Gasteiger partial charge in [-0.2, -0.15) is 0 Å². The van der Waals surface area contributed by atoms with Crippen molar-refractivity contribution in [1.82, 2.24) is 9.88 Å². The van der Waals surface area contributed by atoms with Crippen LogP contribution in [0.3, 0.4) is 0 Å². The van der Waals surface area contributed by atoms with Crippen LogP contribution < -0.4 is 10.6 Å². The van der Waals surface area contributed by atoms with Crippen molar-refractivity contribution >= 4 is 11.7 Å². The SMILES string of the molecule is O=C(NCCc1cccc(F)c1)Nc1cccc(-n2cccc2)c1. The van der Waals surface area contributed by atoms with E-state index in [0.29, 0.717) is 18.7 Å². The summed E-state index contributed by atoms with van der Waals surface area (Å²) in [5, 5.41) is 5.58. The number of aromatic nitrogens is 1. The fourth-order valence-corrected chi connectivity index (χ4v) is 2.44. The first kappa shape index (κ1) is 15.8. The minimum absolute atomic E-state index is 0.265. The molecule has 24 heavy (non-hydrogen) atoms. The quantitative estimate of drug-likeness (QED) is 0.733. The summed E-state index contributed by atoms with van der Waals surface area (Å²) in [5.41, 5.74) is 2.53. The third kappa shape index (κ3) is 4.23. The molecule has 0 saturated heterocycles. The number of carbonyl (C=O) groups excluding carboxylic acids is 1. The van der Waals surface area contributed by atoms with Gasteiger partial charge in [-0.25, -0.2) is 9.18 Å². The molecule has 0 spiro atoms. The molecule has 0 atom stereocenters. The molecule has 122 valence electrons. The topological polar surface area (TPSA) is 46.1 Å². The highest BCUT2D eigenvalue weighted by Crippen LogP contribution is 2.14. The van der Waals surface area contributed by atoms with Crippen molar-refractivity contribution in [3.8, 4) is 5.69 Å². The summed E-state index contributed by atoms with van der Waals surface area (Å²) in [4.78, 5) is 12.0. The molecule has 2 aromatic carbocycles. The van der Waals surface area contributed by atoms with E-state index in [1.165, 1.54) is 12.1 Å². The largest absolute Gasteiger partial charge is 0.338 e. The Morgan fingerprint density at radius 1 is 1.00 bits per heavy atom. The fraction of sp³-hybridized carbons (Fsp3) is 0.105.